The molecule has 6 aliphatic rings. The Morgan fingerprint density at radius 1 is 0.848 bits per heavy atom. The van der Waals surface area contributed by atoms with Crippen LogP contribution in [0.1, 0.15) is 119 Å². The van der Waals surface area contributed by atoms with Crippen LogP contribution in [0.4, 0.5) is 0 Å². The van der Waals surface area contributed by atoms with Crippen LogP contribution in [0.2, 0.25) is 0 Å². The topological polar surface area (TPSA) is 84.9 Å². The Morgan fingerprint density at radius 2 is 1.54 bits per heavy atom. The van der Waals surface area contributed by atoms with Gasteiger partial charge in [0.1, 0.15) is 0 Å². The lowest BCUT2D eigenvalue weighted by molar-refractivity contribution is -0.246. The molecule has 9 atom stereocenters. The number of nitrogens with one attached hydrogen (secondary N) is 1. The minimum Gasteiger partial charge on any atom is -0.469 e. The molecule has 7 heteroatoms. The number of Topliss-reactive ketones (excluding diaryl/α,β-unsaturated/α-hetero) is 1. The van der Waals surface area contributed by atoms with Gasteiger partial charge in [0, 0.05) is 25.0 Å². The second-order valence-electron chi connectivity index (χ2n) is 18.7. The van der Waals surface area contributed by atoms with Crippen molar-refractivity contribution in [3.63, 3.8) is 0 Å². The highest BCUT2D eigenvalue weighted by molar-refractivity contribution is 6.04. The third-order valence-electron chi connectivity index (χ3n) is 15.9. The molecule has 1 N–H and O–H groups in total. The van der Waals surface area contributed by atoms with Crippen LogP contribution in [0.25, 0.3) is 0 Å². The predicted molar refractivity (Wildman–Crippen MR) is 180 cm³/mol. The standard InChI is InChI=1S/C39H64N2O5/c1-34(2)14-16-39(33(44)45-8)17-15-37(6)27(28(39)25-34)10-11-30-36(5)24-26(31(42)35(3,4)29(36)12-13-38(30,37)7)32(43)40-18-9-19-41-20-22-46-23-21-41/h26-30H,9-25H2,1-8H3,(H,40,43)/t26?,27?,28?,29?,30?,36-,37+,38+,39-/m0/s1. The van der Waals surface area contributed by atoms with E-state index in [0.717, 1.165) is 97.1 Å². The van der Waals surface area contributed by atoms with Crippen molar-refractivity contribution < 1.29 is 23.9 Å². The van der Waals surface area contributed by atoms with Crippen molar-refractivity contribution >= 4 is 17.7 Å². The fraction of sp³-hybridized carbons (Fsp3) is 0.923. The quantitative estimate of drug-likeness (QED) is 0.198. The van der Waals surface area contributed by atoms with Crippen molar-refractivity contribution in [3.05, 3.63) is 0 Å². The van der Waals surface area contributed by atoms with Gasteiger partial charge in [-0.2, -0.15) is 0 Å². The van der Waals surface area contributed by atoms with E-state index in [1.54, 1.807) is 7.11 Å². The summed E-state index contributed by atoms with van der Waals surface area (Å²) >= 11 is 0. The Morgan fingerprint density at radius 3 is 2.24 bits per heavy atom. The number of hydrogen-bond donors (Lipinski definition) is 1. The summed E-state index contributed by atoms with van der Waals surface area (Å²) in [4.78, 5) is 43.9. The molecule has 1 saturated heterocycles. The van der Waals surface area contributed by atoms with Gasteiger partial charge in [0.2, 0.25) is 5.91 Å². The summed E-state index contributed by atoms with van der Waals surface area (Å²) in [5.41, 5.74) is -0.511. The van der Waals surface area contributed by atoms with Gasteiger partial charge >= 0.3 is 5.97 Å². The fourth-order valence-corrected chi connectivity index (χ4v) is 13.3. The number of hydrogen-bond acceptors (Lipinski definition) is 6. The van der Waals surface area contributed by atoms with Gasteiger partial charge in [0.05, 0.1) is 31.7 Å². The molecule has 6 fully saturated rings. The number of amides is 1. The van der Waals surface area contributed by atoms with E-state index in [0.29, 0.717) is 30.7 Å². The van der Waals surface area contributed by atoms with E-state index in [-0.39, 0.29) is 50.7 Å². The molecule has 5 unspecified atom stereocenters. The first-order valence-electron chi connectivity index (χ1n) is 18.8. The number of carbonyl (C=O) groups excluding carboxylic acids is 3. The smallest absolute Gasteiger partial charge is 0.312 e. The molecule has 46 heavy (non-hydrogen) atoms. The zero-order valence-electron chi connectivity index (χ0n) is 30.4. The summed E-state index contributed by atoms with van der Waals surface area (Å²) in [5.74, 6) is 1.12. The summed E-state index contributed by atoms with van der Waals surface area (Å²) in [6.45, 7) is 21.7. The molecule has 0 radical (unpaired) electrons. The lowest BCUT2D eigenvalue weighted by atomic mass is 9.31. The SMILES string of the molecule is COC(=O)[C@]12CCC(C)(C)CC1C1CCC3[C@@]4(C)CC(C(=O)NCCCN5CCOCC5)C(=O)C(C)(C)C4CC[C@@]3(C)[C@]1(C)CC2. The van der Waals surface area contributed by atoms with Crippen LogP contribution in [0.3, 0.4) is 0 Å². The van der Waals surface area contributed by atoms with Gasteiger partial charge in [0.15, 0.2) is 5.78 Å². The van der Waals surface area contributed by atoms with Crippen molar-refractivity contribution in [2.45, 2.75) is 119 Å². The Bertz CT molecular complexity index is 1210. The van der Waals surface area contributed by atoms with Crippen LogP contribution < -0.4 is 5.32 Å². The molecule has 6 rings (SSSR count). The normalized spacial score (nSPS) is 45.0. The zero-order chi connectivity index (χ0) is 33.3. The number of ketones is 1. The summed E-state index contributed by atoms with van der Waals surface area (Å²) in [5, 5.41) is 3.20. The molecule has 0 aromatic carbocycles. The Balaban J connectivity index is 1.25. The lowest BCUT2D eigenvalue weighted by Crippen LogP contribution is -2.68. The number of ether oxygens (including phenoxy) is 2. The third-order valence-corrected chi connectivity index (χ3v) is 15.9. The van der Waals surface area contributed by atoms with E-state index >= 15 is 0 Å². The highest BCUT2D eigenvalue weighted by Gasteiger charge is 2.72. The molecule has 1 amide bonds. The molecular weight excluding hydrogens is 576 g/mol. The molecule has 5 saturated carbocycles. The Kier molecular flexibility index (Phi) is 8.86. The van der Waals surface area contributed by atoms with Gasteiger partial charge < -0.3 is 14.8 Å². The van der Waals surface area contributed by atoms with Gasteiger partial charge in [-0.05, 0) is 123 Å². The largest absolute Gasteiger partial charge is 0.469 e. The number of fused-ring (bicyclic) bond motifs is 7. The molecule has 7 nitrogen and oxygen atoms in total. The van der Waals surface area contributed by atoms with Crippen LogP contribution in [0.15, 0.2) is 0 Å². The second-order valence-corrected chi connectivity index (χ2v) is 18.7. The fourth-order valence-electron chi connectivity index (χ4n) is 13.3. The van der Waals surface area contributed by atoms with Crippen molar-refractivity contribution in [3.8, 4) is 0 Å². The van der Waals surface area contributed by atoms with Gasteiger partial charge in [-0.3, -0.25) is 19.3 Å². The van der Waals surface area contributed by atoms with E-state index in [1.165, 1.54) is 0 Å². The molecular formula is C39H64N2O5. The molecule has 1 aliphatic heterocycles. The van der Waals surface area contributed by atoms with Crippen molar-refractivity contribution in [1.29, 1.82) is 0 Å². The summed E-state index contributed by atoms with van der Waals surface area (Å²) < 4.78 is 11.0. The number of esters is 1. The van der Waals surface area contributed by atoms with Gasteiger partial charge in [-0.1, -0.05) is 48.5 Å². The van der Waals surface area contributed by atoms with Gasteiger partial charge in [-0.15, -0.1) is 0 Å². The number of rotatable bonds is 6. The average molecular weight is 641 g/mol. The maximum Gasteiger partial charge on any atom is 0.312 e. The first kappa shape index (κ1) is 34.4. The molecule has 0 spiro atoms. The number of nitrogens with zero attached hydrogens (tertiary/aromatic N) is 1. The molecule has 260 valence electrons. The van der Waals surface area contributed by atoms with Crippen LogP contribution >= 0.6 is 0 Å². The highest BCUT2D eigenvalue weighted by atomic mass is 16.5. The minimum absolute atomic E-state index is 0.0318. The first-order valence-corrected chi connectivity index (χ1v) is 18.8. The monoisotopic (exact) mass is 640 g/mol. The maximum absolute atomic E-state index is 14.1. The number of methoxy groups -OCH3 is 1. The zero-order valence-corrected chi connectivity index (χ0v) is 30.4. The van der Waals surface area contributed by atoms with Gasteiger partial charge in [-0.25, -0.2) is 0 Å². The molecule has 0 bridgehead atoms. The van der Waals surface area contributed by atoms with Crippen LogP contribution in [0, 0.1) is 62.1 Å². The van der Waals surface area contributed by atoms with E-state index in [9.17, 15) is 14.4 Å². The minimum atomic E-state index is -0.579. The van der Waals surface area contributed by atoms with E-state index < -0.39 is 11.3 Å². The Hall–Kier alpha value is -1.47. The van der Waals surface area contributed by atoms with Crippen molar-refractivity contribution in [2.75, 3.05) is 46.5 Å². The summed E-state index contributed by atoms with van der Waals surface area (Å²) in [6, 6.07) is 0. The Labute approximate surface area is 279 Å². The summed E-state index contributed by atoms with van der Waals surface area (Å²) in [7, 11) is 1.59. The van der Waals surface area contributed by atoms with Crippen molar-refractivity contribution in [2.24, 2.45) is 62.1 Å². The first-order chi connectivity index (χ1) is 21.6. The van der Waals surface area contributed by atoms with Crippen molar-refractivity contribution in [1.82, 2.24) is 10.2 Å². The predicted octanol–water partition coefficient (Wildman–Crippen LogP) is 6.67. The van der Waals surface area contributed by atoms with E-state index in [2.05, 4.69) is 58.7 Å². The molecule has 0 aromatic heterocycles. The van der Waals surface area contributed by atoms with Gasteiger partial charge in [0.25, 0.3) is 0 Å². The highest BCUT2D eigenvalue weighted by Crippen LogP contribution is 2.77. The molecule has 1 heterocycles. The average Bonchev–Trinajstić information content (AvgIpc) is 3.01. The third kappa shape index (κ3) is 5.13. The van der Waals surface area contributed by atoms with E-state index in [1.807, 2.05) is 0 Å². The number of morpholine rings is 1. The van der Waals surface area contributed by atoms with Crippen LogP contribution in [0.5, 0.6) is 0 Å². The van der Waals surface area contributed by atoms with E-state index in [4.69, 9.17) is 9.47 Å². The molecule has 5 aliphatic carbocycles. The summed E-state index contributed by atoms with van der Waals surface area (Å²) in [6.07, 6.45) is 11.1. The molecule has 0 aromatic rings. The maximum atomic E-state index is 14.1. The second kappa shape index (κ2) is 11.8. The number of carbonyl (C=O) groups is 3. The van der Waals surface area contributed by atoms with Crippen LogP contribution in [-0.4, -0.2) is 69.1 Å². The lowest BCUT2D eigenvalue weighted by Gasteiger charge is -2.73. The van der Waals surface area contributed by atoms with Crippen LogP contribution in [-0.2, 0) is 23.9 Å².